The van der Waals surface area contributed by atoms with Gasteiger partial charge in [-0.3, -0.25) is 13.9 Å². The number of carbonyl (C=O) groups excluding carboxylic acids is 1. The van der Waals surface area contributed by atoms with Gasteiger partial charge in [0.05, 0.1) is 19.3 Å². The summed E-state index contributed by atoms with van der Waals surface area (Å²) in [5.41, 5.74) is 2.99. The molecule has 0 radical (unpaired) electrons. The van der Waals surface area contributed by atoms with E-state index < -0.39 is 10.8 Å². The highest BCUT2D eigenvalue weighted by Gasteiger charge is 2.23. The molecule has 1 heterocycles. The van der Waals surface area contributed by atoms with Crippen molar-refractivity contribution in [2.24, 2.45) is 0 Å². The van der Waals surface area contributed by atoms with E-state index in [1.165, 1.54) is 11.1 Å². The number of amides is 1. The fraction of sp³-hybridized carbons (Fsp3) is 0.381. The Hall–Kier alpha value is -2.02. The van der Waals surface area contributed by atoms with Crippen molar-refractivity contribution in [1.82, 2.24) is 10.2 Å². The Labute approximate surface area is 163 Å². The molecule has 1 aliphatic heterocycles. The third-order valence-corrected chi connectivity index (χ3v) is 5.79. The van der Waals surface area contributed by atoms with Crippen molar-refractivity contribution in [1.29, 1.82) is 0 Å². The molecule has 0 aromatic heterocycles. The Morgan fingerprint density at radius 1 is 1.11 bits per heavy atom. The molecule has 0 bridgehead atoms. The van der Waals surface area contributed by atoms with E-state index in [1.54, 1.807) is 30.5 Å². The Balaban J connectivity index is 1.70. The SMILES string of the molecule is Cc1ccc(C(CNC(=O)c2ccc(S(C)=O)cc2)N2CCOCC2)cc1. The van der Waals surface area contributed by atoms with Gasteiger partial charge in [0.15, 0.2) is 0 Å². The molecule has 1 aliphatic rings. The molecule has 27 heavy (non-hydrogen) atoms. The second-order valence-corrected chi connectivity index (χ2v) is 8.14. The van der Waals surface area contributed by atoms with Gasteiger partial charge >= 0.3 is 0 Å². The number of benzene rings is 2. The van der Waals surface area contributed by atoms with Gasteiger partial charge in [-0.15, -0.1) is 0 Å². The van der Waals surface area contributed by atoms with Crippen molar-refractivity contribution in [3.05, 3.63) is 65.2 Å². The molecule has 0 spiro atoms. The quantitative estimate of drug-likeness (QED) is 0.829. The number of nitrogens with one attached hydrogen (secondary N) is 1. The summed E-state index contributed by atoms with van der Waals surface area (Å²) in [5, 5.41) is 3.06. The molecule has 0 saturated carbocycles. The summed E-state index contributed by atoms with van der Waals surface area (Å²) in [7, 11) is -1.04. The lowest BCUT2D eigenvalue weighted by atomic mass is 10.0. The first-order chi connectivity index (χ1) is 13.0. The molecule has 2 atom stereocenters. The van der Waals surface area contributed by atoms with Crippen LogP contribution in [0, 0.1) is 6.92 Å². The lowest BCUT2D eigenvalue weighted by Gasteiger charge is -2.35. The lowest BCUT2D eigenvalue weighted by molar-refractivity contribution is 0.0162. The van der Waals surface area contributed by atoms with E-state index in [-0.39, 0.29) is 11.9 Å². The summed E-state index contributed by atoms with van der Waals surface area (Å²) in [6.07, 6.45) is 1.63. The second-order valence-electron chi connectivity index (χ2n) is 6.76. The van der Waals surface area contributed by atoms with Crippen LogP contribution in [-0.4, -0.2) is 54.1 Å². The number of hydrogen-bond donors (Lipinski definition) is 1. The van der Waals surface area contributed by atoms with Gasteiger partial charge in [0.25, 0.3) is 5.91 Å². The van der Waals surface area contributed by atoms with Crippen molar-refractivity contribution in [2.75, 3.05) is 39.1 Å². The largest absolute Gasteiger partial charge is 0.379 e. The Morgan fingerprint density at radius 2 is 1.74 bits per heavy atom. The summed E-state index contributed by atoms with van der Waals surface area (Å²) < 4.78 is 17.0. The molecule has 0 aliphatic carbocycles. The third kappa shape index (κ3) is 5.25. The maximum Gasteiger partial charge on any atom is 0.251 e. The van der Waals surface area contributed by atoms with Crippen LogP contribution in [0.3, 0.4) is 0 Å². The summed E-state index contributed by atoms with van der Waals surface area (Å²) in [5.74, 6) is -0.117. The number of ether oxygens (including phenoxy) is 1. The minimum Gasteiger partial charge on any atom is -0.379 e. The van der Waals surface area contributed by atoms with Crippen LogP contribution in [0.4, 0.5) is 0 Å². The van der Waals surface area contributed by atoms with Crippen molar-refractivity contribution >= 4 is 16.7 Å². The van der Waals surface area contributed by atoms with Gasteiger partial charge in [0.1, 0.15) is 0 Å². The molecule has 1 fully saturated rings. The van der Waals surface area contributed by atoms with E-state index in [4.69, 9.17) is 4.74 Å². The first kappa shape index (κ1) is 19.7. The van der Waals surface area contributed by atoms with Crippen molar-refractivity contribution in [2.45, 2.75) is 17.9 Å². The Bertz CT molecular complexity index is 784. The summed E-state index contributed by atoms with van der Waals surface area (Å²) in [6, 6.07) is 15.5. The van der Waals surface area contributed by atoms with E-state index in [1.807, 2.05) is 0 Å². The van der Waals surface area contributed by atoms with Gasteiger partial charge in [-0.2, -0.15) is 0 Å². The highest BCUT2D eigenvalue weighted by atomic mass is 32.2. The zero-order valence-electron chi connectivity index (χ0n) is 15.8. The van der Waals surface area contributed by atoms with Crippen LogP contribution in [0.15, 0.2) is 53.4 Å². The molecule has 1 N–H and O–H groups in total. The predicted octanol–water partition coefficient (Wildman–Crippen LogP) is 2.54. The van der Waals surface area contributed by atoms with Crippen LogP contribution in [0.2, 0.25) is 0 Å². The average Bonchev–Trinajstić information content (AvgIpc) is 2.70. The molecule has 2 unspecified atom stereocenters. The summed E-state index contributed by atoms with van der Waals surface area (Å²) in [6.45, 7) is 5.74. The van der Waals surface area contributed by atoms with Gasteiger partial charge in [-0.05, 0) is 36.8 Å². The maximum absolute atomic E-state index is 12.6. The van der Waals surface area contributed by atoms with E-state index in [9.17, 15) is 9.00 Å². The van der Waals surface area contributed by atoms with Crippen LogP contribution in [0.25, 0.3) is 0 Å². The van der Waals surface area contributed by atoms with Gasteiger partial charge in [0.2, 0.25) is 0 Å². The zero-order chi connectivity index (χ0) is 19.2. The van der Waals surface area contributed by atoms with Crippen LogP contribution in [0.5, 0.6) is 0 Å². The smallest absolute Gasteiger partial charge is 0.251 e. The van der Waals surface area contributed by atoms with Crippen molar-refractivity contribution < 1.29 is 13.7 Å². The molecular formula is C21H26N2O3S. The number of rotatable bonds is 6. The van der Waals surface area contributed by atoms with E-state index in [2.05, 4.69) is 41.4 Å². The van der Waals surface area contributed by atoms with Crippen LogP contribution in [-0.2, 0) is 15.5 Å². The molecule has 2 aromatic carbocycles. The van der Waals surface area contributed by atoms with E-state index >= 15 is 0 Å². The molecule has 5 nitrogen and oxygen atoms in total. The zero-order valence-corrected chi connectivity index (χ0v) is 16.6. The average molecular weight is 387 g/mol. The van der Waals surface area contributed by atoms with Gasteiger partial charge < -0.3 is 10.1 Å². The molecule has 1 amide bonds. The Morgan fingerprint density at radius 3 is 2.33 bits per heavy atom. The monoisotopic (exact) mass is 386 g/mol. The molecule has 3 rings (SSSR count). The van der Waals surface area contributed by atoms with Crippen LogP contribution in [0.1, 0.15) is 27.5 Å². The first-order valence-corrected chi connectivity index (χ1v) is 10.7. The fourth-order valence-corrected chi connectivity index (χ4v) is 3.74. The van der Waals surface area contributed by atoms with Gasteiger partial charge in [-0.1, -0.05) is 29.8 Å². The summed E-state index contributed by atoms with van der Waals surface area (Å²) >= 11 is 0. The number of carbonyl (C=O) groups is 1. The molecular weight excluding hydrogens is 360 g/mol. The van der Waals surface area contributed by atoms with Crippen LogP contribution >= 0.6 is 0 Å². The summed E-state index contributed by atoms with van der Waals surface area (Å²) in [4.78, 5) is 15.6. The first-order valence-electron chi connectivity index (χ1n) is 9.14. The second kappa shape index (κ2) is 9.26. The highest BCUT2D eigenvalue weighted by molar-refractivity contribution is 7.84. The third-order valence-electron chi connectivity index (χ3n) is 4.85. The molecule has 6 heteroatoms. The minimum atomic E-state index is -1.04. The number of hydrogen-bond acceptors (Lipinski definition) is 4. The lowest BCUT2D eigenvalue weighted by Crippen LogP contribution is -2.43. The molecule has 1 saturated heterocycles. The molecule has 144 valence electrons. The van der Waals surface area contributed by atoms with E-state index in [0.29, 0.717) is 25.3 Å². The van der Waals surface area contributed by atoms with Gasteiger partial charge in [-0.25, -0.2) is 0 Å². The minimum absolute atomic E-state index is 0.112. The van der Waals surface area contributed by atoms with Crippen LogP contribution < -0.4 is 5.32 Å². The van der Waals surface area contributed by atoms with E-state index in [0.717, 1.165) is 18.0 Å². The maximum atomic E-state index is 12.6. The number of morpholine rings is 1. The Kier molecular flexibility index (Phi) is 6.77. The highest BCUT2D eigenvalue weighted by Crippen LogP contribution is 2.22. The predicted molar refractivity (Wildman–Crippen MR) is 107 cm³/mol. The van der Waals surface area contributed by atoms with Crippen molar-refractivity contribution in [3.63, 3.8) is 0 Å². The molecule has 2 aromatic rings. The topological polar surface area (TPSA) is 58.6 Å². The van der Waals surface area contributed by atoms with Gasteiger partial charge in [0, 0.05) is 47.1 Å². The normalized spacial score (nSPS) is 17.3. The number of aryl methyl sites for hydroxylation is 1. The standard InChI is InChI=1S/C21H26N2O3S/c1-16-3-5-17(6-4-16)20(23-11-13-26-14-12-23)15-22-21(24)18-7-9-19(10-8-18)27(2)25/h3-10,20H,11-15H2,1-2H3,(H,22,24). The fourth-order valence-electron chi connectivity index (χ4n) is 3.22. The number of nitrogens with zero attached hydrogens (tertiary/aromatic N) is 1. The van der Waals surface area contributed by atoms with Crippen molar-refractivity contribution in [3.8, 4) is 0 Å².